The van der Waals surface area contributed by atoms with Crippen molar-refractivity contribution in [2.24, 2.45) is 4.99 Å². The molecule has 3 N–H and O–H groups in total. The fourth-order valence-electron chi connectivity index (χ4n) is 3.16. The van der Waals surface area contributed by atoms with Crippen LogP contribution < -0.4 is 5.32 Å². The molecule has 134 valence electrons. The Kier molecular flexibility index (Phi) is 4.58. The summed E-state index contributed by atoms with van der Waals surface area (Å²) in [4.78, 5) is 7.22. The van der Waals surface area contributed by atoms with E-state index in [1.807, 2.05) is 24.3 Å². The maximum atomic E-state index is 13.5. The zero-order valence-electron chi connectivity index (χ0n) is 14.2. The first kappa shape index (κ1) is 16.6. The molecule has 0 aliphatic carbocycles. The molecule has 1 aromatic heterocycles. The standard InChI is InChI=1S/C20H20FN3O2/c21-13-1-6-19-17(11-13)18(20(25)24-19)12-22-14-2-4-15(5-3-14)23-16-7-9-26-10-8-16/h1-6,11-12,16,23-25H,7-10H2. The van der Waals surface area contributed by atoms with Crippen molar-refractivity contribution in [2.75, 3.05) is 18.5 Å². The van der Waals surface area contributed by atoms with Gasteiger partial charge in [0.05, 0.1) is 11.3 Å². The van der Waals surface area contributed by atoms with E-state index in [4.69, 9.17) is 4.74 Å². The van der Waals surface area contributed by atoms with E-state index in [-0.39, 0.29) is 11.7 Å². The number of aromatic amines is 1. The molecule has 6 heteroatoms. The van der Waals surface area contributed by atoms with Crippen LogP contribution >= 0.6 is 0 Å². The minimum atomic E-state index is -0.352. The zero-order valence-corrected chi connectivity index (χ0v) is 14.2. The van der Waals surface area contributed by atoms with Gasteiger partial charge < -0.3 is 20.1 Å². The molecule has 0 bridgehead atoms. The molecular weight excluding hydrogens is 333 g/mol. The third-order valence-corrected chi connectivity index (χ3v) is 4.58. The molecule has 2 heterocycles. The van der Waals surface area contributed by atoms with Gasteiger partial charge in [0.25, 0.3) is 0 Å². The van der Waals surface area contributed by atoms with Crippen molar-refractivity contribution in [2.45, 2.75) is 18.9 Å². The number of nitrogens with one attached hydrogen (secondary N) is 2. The number of hydrogen-bond acceptors (Lipinski definition) is 4. The summed E-state index contributed by atoms with van der Waals surface area (Å²) in [5.74, 6) is -0.373. The van der Waals surface area contributed by atoms with E-state index in [9.17, 15) is 9.50 Å². The quantitative estimate of drug-likeness (QED) is 0.611. The van der Waals surface area contributed by atoms with Crippen LogP contribution in [0.25, 0.3) is 10.9 Å². The Hall–Kier alpha value is -2.86. The van der Waals surface area contributed by atoms with Gasteiger partial charge in [-0.1, -0.05) is 0 Å². The molecule has 4 rings (SSSR count). The Morgan fingerprint density at radius 1 is 1.15 bits per heavy atom. The van der Waals surface area contributed by atoms with Crippen molar-refractivity contribution in [1.82, 2.24) is 4.98 Å². The summed E-state index contributed by atoms with van der Waals surface area (Å²) < 4.78 is 18.8. The second kappa shape index (κ2) is 7.17. The first-order valence-electron chi connectivity index (χ1n) is 8.67. The summed E-state index contributed by atoms with van der Waals surface area (Å²) in [6.45, 7) is 1.60. The maximum absolute atomic E-state index is 13.5. The van der Waals surface area contributed by atoms with Crippen LogP contribution in [0, 0.1) is 5.82 Å². The van der Waals surface area contributed by atoms with Crippen molar-refractivity contribution >= 4 is 28.5 Å². The van der Waals surface area contributed by atoms with Crippen LogP contribution in [0.3, 0.4) is 0 Å². The average molecular weight is 353 g/mol. The molecule has 2 aromatic carbocycles. The highest BCUT2D eigenvalue weighted by Gasteiger charge is 2.13. The minimum absolute atomic E-state index is 0.0212. The van der Waals surface area contributed by atoms with Gasteiger partial charge in [0, 0.05) is 42.1 Å². The van der Waals surface area contributed by atoms with E-state index in [2.05, 4.69) is 15.3 Å². The highest BCUT2D eigenvalue weighted by molar-refractivity contribution is 6.02. The van der Waals surface area contributed by atoms with Gasteiger partial charge in [0.1, 0.15) is 5.82 Å². The highest BCUT2D eigenvalue weighted by Crippen LogP contribution is 2.27. The lowest BCUT2D eigenvalue weighted by Crippen LogP contribution is -2.27. The van der Waals surface area contributed by atoms with E-state index in [1.54, 1.807) is 12.3 Å². The number of H-pyrrole nitrogens is 1. The Morgan fingerprint density at radius 2 is 1.92 bits per heavy atom. The summed E-state index contributed by atoms with van der Waals surface area (Å²) in [6.07, 6.45) is 3.57. The van der Waals surface area contributed by atoms with Crippen LogP contribution in [0.1, 0.15) is 18.4 Å². The maximum Gasteiger partial charge on any atom is 0.198 e. The molecule has 0 amide bonds. The van der Waals surface area contributed by atoms with Crippen LogP contribution in [0.2, 0.25) is 0 Å². The first-order valence-corrected chi connectivity index (χ1v) is 8.67. The number of fused-ring (bicyclic) bond motifs is 1. The summed E-state index contributed by atoms with van der Waals surface area (Å²) in [6, 6.07) is 12.6. The number of halogens is 1. The fourth-order valence-corrected chi connectivity index (χ4v) is 3.16. The van der Waals surface area contributed by atoms with Gasteiger partial charge in [-0.2, -0.15) is 0 Å². The zero-order chi connectivity index (χ0) is 17.9. The van der Waals surface area contributed by atoms with E-state index in [1.165, 1.54) is 12.1 Å². The van der Waals surface area contributed by atoms with Crippen molar-refractivity contribution in [3.05, 3.63) is 53.8 Å². The monoisotopic (exact) mass is 353 g/mol. The third-order valence-electron chi connectivity index (χ3n) is 4.58. The van der Waals surface area contributed by atoms with Crippen LogP contribution in [-0.4, -0.2) is 35.6 Å². The van der Waals surface area contributed by atoms with Crippen LogP contribution in [0.4, 0.5) is 15.8 Å². The van der Waals surface area contributed by atoms with E-state index < -0.39 is 0 Å². The number of anilines is 1. The van der Waals surface area contributed by atoms with Gasteiger partial charge >= 0.3 is 0 Å². The van der Waals surface area contributed by atoms with Gasteiger partial charge in [0.15, 0.2) is 5.88 Å². The predicted molar refractivity (Wildman–Crippen MR) is 101 cm³/mol. The Morgan fingerprint density at radius 3 is 2.69 bits per heavy atom. The molecule has 0 radical (unpaired) electrons. The Bertz CT molecular complexity index is 928. The molecular formula is C20H20FN3O2. The molecule has 26 heavy (non-hydrogen) atoms. The third kappa shape index (κ3) is 3.55. The van der Waals surface area contributed by atoms with Crippen molar-refractivity contribution in [3.8, 4) is 5.88 Å². The van der Waals surface area contributed by atoms with Gasteiger partial charge in [-0.15, -0.1) is 0 Å². The SMILES string of the molecule is Oc1[nH]c2ccc(F)cc2c1C=Nc1ccc(NC2CCOCC2)cc1. The van der Waals surface area contributed by atoms with E-state index in [0.717, 1.165) is 37.4 Å². The average Bonchev–Trinajstić information content (AvgIpc) is 2.96. The summed E-state index contributed by atoms with van der Waals surface area (Å²) >= 11 is 0. The minimum Gasteiger partial charge on any atom is -0.494 e. The molecule has 1 aliphatic rings. The van der Waals surface area contributed by atoms with Gasteiger partial charge in [-0.05, 0) is 55.3 Å². The molecule has 0 unspecified atom stereocenters. The van der Waals surface area contributed by atoms with E-state index in [0.29, 0.717) is 22.5 Å². The van der Waals surface area contributed by atoms with Crippen LogP contribution in [0.15, 0.2) is 47.5 Å². The molecule has 5 nitrogen and oxygen atoms in total. The number of hydrogen-bond donors (Lipinski definition) is 3. The largest absolute Gasteiger partial charge is 0.494 e. The van der Waals surface area contributed by atoms with Crippen LogP contribution in [0.5, 0.6) is 5.88 Å². The van der Waals surface area contributed by atoms with Crippen LogP contribution in [-0.2, 0) is 4.74 Å². The normalized spacial score (nSPS) is 15.7. The summed E-state index contributed by atoms with van der Waals surface area (Å²) in [7, 11) is 0. The first-order chi connectivity index (χ1) is 12.7. The molecule has 1 fully saturated rings. The second-order valence-corrected chi connectivity index (χ2v) is 6.41. The number of aliphatic imine (C=N–C) groups is 1. The molecule has 1 saturated heterocycles. The molecule has 0 atom stereocenters. The molecule has 0 spiro atoms. The number of aromatic nitrogens is 1. The van der Waals surface area contributed by atoms with Gasteiger partial charge in [-0.3, -0.25) is 4.99 Å². The smallest absolute Gasteiger partial charge is 0.198 e. The van der Waals surface area contributed by atoms with Crippen molar-refractivity contribution in [1.29, 1.82) is 0 Å². The summed E-state index contributed by atoms with van der Waals surface area (Å²) in [5.41, 5.74) is 2.95. The lowest BCUT2D eigenvalue weighted by atomic mass is 10.1. The Labute approximate surface area is 150 Å². The molecule has 0 saturated carbocycles. The summed E-state index contributed by atoms with van der Waals surface area (Å²) in [5, 5.41) is 14.1. The number of ether oxygens (including phenoxy) is 1. The topological polar surface area (TPSA) is 69.6 Å². The molecule has 1 aliphatic heterocycles. The number of nitrogens with zero attached hydrogens (tertiary/aromatic N) is 1. The van der Waals surface area contributed by atoms with E-state index >= 15 is 0 Å². The van der Waals surface area contributed by atoms with Gasteiger partial charge in [0.2, 0.25) is 0 Å². The van der Waals surface area contributed by atoms with Crippen molar-refractivity contribution in [3.63, 3.8) is 0 Å². The number of aromatic hydroxyl groups is 1. The lowest BCUT2D eigenvalue weighted by molar-refractivity contribution is 0.0904. The number of benzene rings is 2. The Balaban J connectivity index is 1.50. The predicted octanol–water partition coefficient (Wildman–Crippen LogP) is 4.35. The van der Waals surface area contributed by atoms with Gasteiger partial charge in [-0.25, -0.2) is 4.39 Å². The second-order valence-electron chi connectivity index (χ2n) is 6.41. The lowest BCUT2D eigenvalue weighted by Gasteiger charge is -2.24. The fraction of sp³-hybridized carbons (Fsp3) is 0.250. The highest BCUT2D eigenvalue weighted by atomic mass is 19.1. The number of rotatable bonds is 4. The van der Waals surface area contributed by atoms with Crippen molar-refractivity contribution < 1.29 is 14.2 Å². The molecule has 3 aromatic rings.